The number of anilines is 3. The van der Waals surface area contributed by atoms with Crippen molar-refractivity contribution in [3.63, 3.8) is 0 Å². The van der Waals surface area contributed by atoms with Crippen molar-refractivity contribution in [3.8, 4) is 0 Å². The van der Waals surface area contributed by atoms with Crippen molar-refractivity contribution < 1.29 is 10.1 Å². The summed E-state index contributed by atoms with van der Waals surface area (Å²) in [5.41, 5.74) is 6.13. The fourth-order valence-electron chi connectivity index (χ4n) is 7.24. The molecular formula is C28H50N8O2. The molecule has 5 rings (SSSR count). The normalized spacial score (nSPS) is 29.7. The van der Waals surface area contributed by atoms with Crippen molar-refractivity contribution in [1.29, 1.82) is 0 Å². The molecule has 0 aromatic carbocycles. The lowest BCUT2D eigenvalue weighted by Gasteiger charge is -2.35. The molecule has 10 nitrogen and oxygen atoms in total. The third-order valence-corrected chi connectivity index (χ3v) is 9.55. The molecule has 1 aliphatic heterocycles. The van der Waals surface area contributed by atoms with E-state index in [1.807, 2.05) is 6.07 Å². The second kappa shape index (κ2) is 14.1. The number of fused-ring (bicyclic) bond motifs is 2. The largest absolute Gasteiger partial charge is 0.383 e. The van der Waals surface area contributed by atoms with Crippen molar-refractivity contribution in [2.75, 3.05) is 81.5 Å². The average molecular weight is 531 g/mol. The monoisotopic (exact) mass is 530 g/mol. The lowest BCUT2D eigenvalue weighted by molar-refractivity contribution is -0.244. The van der Waals surface area contributed by atoms with Crippen LogP contribution in [0, 0.1) is 23.7 Å². The highest BCUT2D eigenvalue weighted by atomic mass is 17.1. The molecule has 4 fully saturated rings. The molecule has 0 amide bonds. The molecule has 2 heterocycles. The molecular weight excluding hydrogens is 480 g/mol. The van der Waals surface area contributed by atoms with Gasteiger partial charge >= 0.3 is 0 Å². The molecule has 4 aliphatic rings. The number of hydrogen-bond donors (Lipinski definition) is 5. The van der Waals surface area contributed by atoms with E-state index in [0.29, 0.717) is 24.3 Å². The molecule has 3 aliphatic carbocycles. The fraction of sp³-hybridized carbons (Fsp3) is 0.857. The third kappa shape index (κ3) is 7.91. The summed E-state index contributed by atoms with van der Waals surface area (Å²) in [6, 6.07) is 2.68. The maximum Gasteiger partial charge on any atom is 0.226 e. The molecule has 0 radical (unpaired) electrons. The van der Waals surface area contributed by atoms with Gasteiger partial charge in [-0.15, -0.1) is 0 Å². The first-order valence-corrected chi connectivity index (χ1v) is 15.2. The van der Waals surface area contributed by atoms with Gasteiger partial charge < -0.3 is 26.6 Å². The number of rotatable bonds is 14. The smallest absolute Gasteiger partial charge is 0.226 e. The molecule has 1 aromatic heterocycles. The van der Waals surface area contributed by atoms with Crippen LogP contribution in [0.3, 0.4) is 0 Å². The quantitative estimate of drug-likeness (QED) is 0.139. The molecule has 2 bridgehead atoms. The highest BCUT2D eigenvalue weighted by Gasteiger charge is 2.38. The Bertz CT molecular complexity index is 844. The summed E-state index contributed by atoms with van der Waals surface area (Å²) in [6.45, 7) is 9.02. The van der Waals surface area contributed by atoms with E-state index in [9.17, 15) is 0 Å². The predicted octanol–water partition coefficient (Wildman–Crippen LogP) is 2.65. The van der Waals surface area contributed by atoms with Gasteiger partial charge in [0, 0.05) is 51.4 Å². The van der Waals surface area contributed by atoms with Gasteiger partial charge in [0.15, 0.2) is 0 Å². The lowest BCUT2D eigenvalue weighted by atomic mass is 9.82. The Kier molecular flexibility index (Phi) is 10.3. The zero-order valence-electron chi connectivity index (χ0n) is 23.1. The fourth-order valence-corrected chi connectivity index (χ4v) is 7.24. The highest BCUT2D eigenvalue weighted by molar-refractivity contribution is 5.51. The van der Waals surface area contributed by atoms with Crippen LogP contribution in [0.1, 0.15) is 57.8 Å². The van der Waals surface area contributed by atoms with Crippen molar-refractivity contribution >= 4 is 17.6 Å². The van der Waals surface area contributed by atoms with Gasteiger partial charge in [-0.05, 0) is 94.7 Å². The van der Waals surface area contributed by atoms with Crippen LogP contribution in [0.2, 0.25) is 0 Å². The summed E-state index contributed by atoms with van der Waals surface area (Å²) in [5, 5.41) is 19.6. The van der Waals surface area contributed by atoms with E-state index in [4.69, 9.17) is 16.0 Å². The molecule has 0 spiro atoms. The summed E-state index contributed by atoms with van der Waals surface area (Å²) in [5.74, 6) is 5.52. The van der Waals surface area contributed by atoms with Crippen LogP contribution < -0.4 is 26.6 Å². The Morgan fingerprint density at radius 2 is 1.74 bits per heavy atom. The number of hydrogen-bond acceptors (Lipinski definition) is 10. The van der Waals surface area contributed by atoms with Crippen molar-refractivity contribution in [2.24, 2.45) is 23.7 Å². The molecule has 38 heavy (non-hydrogen) atoms. The van der Waals surface area contributed by atoms with E-state index in [2.05, 4.69) is 35.6 Å². The van der Waals surface area contributed by atoms with E-state index in [1.54, 1.807) is 0 Å². The Morgan fingerprint density at radius 3 is 2.45 bits per heavy atom. The zero-order valence-corrected chi connectivity index (χ0v) is 23.1. The molecule has 10 heteroatoms. The van der Waals surface area contributed by atoms with Crippen LogP contribution in [0.4, 0.5) is 17.6 Å². The van der Waals surface area contributed by atoms with E-state index >= 15 is 0 Å². The summed E-state index contributed by atoms with van der Waals surface area (Å²) in [7, 11) is 0. The van der Waals surface area contributed by atoms with Crippen molar-refractivity contribution in [2.45, 2.75) is 63.8 Å². The molecule has 6 N–H and O–H groups in total. The molecule has 1 saturated heterocycles. The summed E-state index contributed by atoms with van der Waals surface area (Å²) < 4.78 is 0. The van der Waals surface area contributed by atoms with Crippen LogP contribution >= 0.6 is 0 Å². The van der Waals surface area contributed by atoms with Gasteiger partial charge in [0.25, 0.3) is 0 Å². The minimum absolute atomic E-state index is 0.339. The van der Waals surface area contributed by atoms with Crippen LogP contribution in [-0.4, -0.2) is 91.7 Å². The standard InChI is InChI=1S/C28H50N8O2/c29-26-18-27(36-12-10-35(11-13-36)14-15-38-37)34-28(33-26)32-20-22-4-2-21(3-5-22)19-30-8-1-9-31-25-17-23-6-7-24(25)16-23/h18,21-25,30-31,37H,1-17,19-20H2,(H3,29,32,33,34)/t21-,22-,23-,24+,25+/m1/s1. The second-order valence-corrected chi connectivity index (χ2v) is 12.2. The maximum absolute atomic E-state index is 8.57. The minimum Gasteiger partial charge on any atom is -0.383 e. The van der Waals surface area contributed by atoms with Crippen molar-refractivity contribution in [1.82, 2.24) is 25.5 Å². The Morgan fingerprint density at radius 1 is 0.947 bits per heavy atom. The van der Waals surface area contributed by atoms with Crippen LogP contribution in [0.25, 0.3) is 0 Å². The number of nitrogens with zero attached hydrogens (tertiary/aromatic N) is 4. The zero-order chi connectivity index (χ0) is 26.2. The number of piperazine rings is 1. The highest BCUT2D eigenvalue weighted by Crippen LogP contribution is 2.44. The van der Waals surface area contributed by atoms with Gasteiger partial charge in [0.1, 0.15) is 11.6 Å². The van der Waals surface area contributed by atoms with Crippen LogP contribution in [-0.2, 0) is 4.89 Å². The second-order valence-electron chi connectivity index (χ2n) is 12.2. The first-order valence-electron chi connectivity index (χ1n) is 15.2. The Hall–Kier alpha value is -1.72. The molecule has 1 aromatic rings. The van der Waals surface area contributed by atoms with Gasteiger partial charge in [-0.2, -0.15) is 9.97 Å². The maximum atomic E-state index is 8.57. The number of nitrogens with two attached hydrogens (primary N) is 1. The topological polar surface area (TPSA) is 124 Å². The van der Waals surface area contributed by atoms with E-state index in [-0.39, 0.29) is 0 Å². The molecule has 0 unspecified atom stereocenters. The summed E-state index contributed by atoms with van der Waals surface area (Å²) >= 11 is 0. The van der Waals surface area contributed by atoms with E-state index < -0.39 is 0 Å². The van der Waals surface area contributed by atoms with Crippen LogP contribution in [0.15, 0.2) is 6.07 Å². The summed E-state index contributed by atoms with van der Waals surface area (Å²) in [6.07, 6.45) is 12.2. The van der Waals surface area contributed by atoms with E-state index in [1.165, 1.54) is 64.3 Å². The van der Waals surface area contributed by atoms with E-state index in [0.717, 1.165) is 82.0 Å². The number of aromatic nitrogens is 2. The van der Waals surface area contributed by atoms with Gasteiger partial charge in [-0.25, -0.2) is 4.89 Å². The third-order valence-electron chi connectivity index (χ3n) is 9.55. The average Bonchev–Trinajstić information content (AvgIpc) is 3.57. The van der Waals surface area contributed by atoms with Gasteiger partial charge in [-0.1, -0.05) is 6.42 Å². The minimum atomic E-state index is 0.339. The Labute approximate surface area is 228 Å². The lowest BCUT2D eigenvalue weighted by Crippen LogP contribution is -2.47. The summed E-state index contributed by atoms with van der Waals surface area (Å²) in [4.78, 5) is 18.0. The van der Waals surface area contributed by atoms with Gasteiger partial charge in [0.2, 0.25) is 5.95 Å². The Balaban J connectivity index is 0.939. The van der Waals surface area contributed by atoms with Gasteiger partial charge in [-0.3, -0.25) is 10.2 Å². The molecule has 3 saturated carbocycles. The number of nitrogens with one attached hydrogen (secondary N) is 3. The molecule has 214 valence electrons. The first kappa shape index (κ1) is 27.8. The SMILES string of the molecule is Nc1cc(N2CCN(CCOO)CC2)nc(NC[C@H]2CC[C@H](CNCCCN[C@H]3C[C@@H]4CC[C@H]3C4)CC2)n1. The van der Waals surface area contributed by atoms with Crippen molar-refractivity contribution in [3.05, 3.63) is 6.07 Å². The first-order chi connectivity index (χ1) is 18.7. The van der Waals surface area contributed by atoms with Gasteiger partial charge in [0.05, 0.1) is 6.61 Å². The number of nitrogen functional groups attached to an aromatic ring is 1. The van der Waals surface area contributed by atoms with Crippen LogP contribution in [0.5, 0.6) is 0 Å². The molecule has 3 atom stereocenters. The predicted molar refractivity (Wildman–Crippen MR) is 152 cm³/mol.